The van der Waals surface area contributed by atoms with E-state index >= 15 is 0 Å². The van der Waals surface area contributed by atoms with Gasteiger partial charge in [0.2, 0.25) is 0 Å². The van der Waals surface area contributed by atoms with E-state index in [1.165, 1.54) is 0 Å². The monoisotopic (exact) mass is 236 g/mol. The minimum absolute atomic E-state index is 0.266. The van der Waals surface area contributed by atoms with Crippen molar-refractivity contribution in [2.24, 2.45) is 5.73 Å². The molecule has 1 aromatic heterocycles. The van der Waals surface area contributed by atoms with E-state index < -0.39 is 0 Å². The molecule has 1 saturated heterocycles. The first-order valence-corrected chi connectivity index (χ1v) is 6.09. The van der Waals surface area contributed by atoms with Crippen molar-refractivity contribution in [1.29, 1.82) is 0 Å². The fraction of sp³-hybridized carbons (Fsp3) is 0.667. The van der Waals surface area contributed by atoms with Gasteiger partial charge in [0.05, 0.1) is 11.8 Å². The number of aromatic nitrogens is 2. The van der Waals surface area contributed by atoms with Gasteiger partial charge in [-0.1, -0.05) is 0 Å². The molecule has 0 aromatic carbocycles. The summed E-state index contributed by atoms with van der Waals surface area (Å²) in [6, 6.07) is 0. The Morgan fingerprint density at radius 3 is 2.82 bits per heavy atom. The average Bonchev–Trinajstić information content (AvgIpc) is 2.32. The molecule has 3 N–H and O–H groups in total. The molecule has 0 spiro atoms. The van der Waals surface area contributed by atoms with E-state index in [0.29, 0.717) is 13.1 Å². The number of hydrogen-bond acceptors (Lipinski definition) is 5. The minimum atomic E-state index is -0.266. The van der Waals surface area contributed by atoms with E-state index in [4.69, 9.17) is 5.73 Å². The number of nitrogens with two attached hydrogens (primary N) is 1. The number of aliphatic hydroxyl groups excluding tert-OH is 1. The van der Waals surface area contributed by atoms with Crippen LogP contribution in [0.5, 0.6) is 0 Å². The summed E-state index contributed by atoms with van der Waals surface area (Å²) in [5.41, 5.74) is 8.88. The standard InChI is InChI=1S/C12H20N4O/c1-8-9(2)14-15-12(11(8)6-13)16-5-3-4-10(17)7-16/h10,17H,3-7,13H2,1-2H3. The summed E-state index contributed by atoms with van der Waals surface area (Å²) >= 11 is 0. The lowest BCUT2D eigenvalue weighted by molar-refractivity contribution is 0.153. The maximum Gasteiger partial charge on any atom is 0.156 e. The molecule has 0 aliphatic carbocycles. The van der Waals surface area contributed by atoms with Gasteiger partial charge in [-0.05, 0) is 32.3 Å². The molecule has 5 heteroatoms. The molecule has 1 aliphatic rings. The van der Waals surface area contributed by atoms with Crippen LogP contribution in [0.25, 0.3) is 0 Å². The Balaban J connectivity index is 2.34. The number of nitrogens with zero attached hydrogens (tertiary/aromatic N) is 3. The number of anilines is 1. The van der Waals surface area contributed by atoms with Gasteiger partial charge >= 0.3 is 0 Å². The maximum absolute atomic E-state index is 9.71. The van der Waals surface area contributed by atoms with E-state index in [1.54, 1.807) is 0 Å². The average molecular weight is 236 g/mol. The second-order valence-electron chi connectivity index (χ2n) is 4.66. The second kappa shape index (κ2) is 4.98. The van der Waals surface area contributed by atoms with Crippen LogP contribution in [0.1, 0.15) is 29.7 Å². The summed E-state index contributed by atoms with van der Waals surface area (Å²) in [5, 5.41) is 18.1. The van der Waals surface area contributed by atoms with Crippen molar-refractivity contribution in [3.8, 4) is 0 Å². The van der Waals surface area contributed by atoms with Crippen molar-refractivity contribution in [2.75, 3.05) is 18.0 Å². The SMILES string of the molecule is Cc1nnc(N2CCCC(O)C2)c(CN)c1C. The third kappa shape index (κ3) is 2.40. The van der Waals surface area contributed by atoms with Crippen molar-refractivity contribution in [3.05, 3.63) is 16.8 Å². The first-order chi connectivity index (χ1) is 8.13. The van der Waals surface area contributed by atoms with Gasteiger partial charge < -0.3 is 15.7 Å². The van der Waals surface area contributed by atoms with Crippen LogP contribution in [0.15, 0.2) is 0 Å². The van der Waals surface area contributed by atoms with Crippen LogP contribution in [0, 0.1) is 13.8 Å². The predicted molar refractivity (Wildman–Crippen MR) is 66.9 cm³/mol. The fourth-order valence-corrected chi connectivity index (χ4v) is 2.29. The molecule has 0 amide bonds. The minimum Gasteiger partial charge on any atom is -0.391 e. The summed E-state index contributed by atoms with van der Waals surface area (Å²) in [6.07, 6.45) is 1.59. The van der Waals surface area contributed by atoms with Crippen LogP contribution in [-0.2, 0) is 6.54 Å². The van der Waals surface area contributed by atoms with Crippen LogP contribution < -0.4 is 10.6 Å². The van der Waals surface area contributed by atoms with Crippen LogP contribution in [0.4, 0.5) is 5.82 Å². The largest absolute Gasteiger partial charge is 0.391 e. The number of β-amino-alcohol motifs (C(OH)–C–C–N with tert-alkyl or cyclic N) is 1. The van der Waals surface area contributed by atoms with Crippen molar-refractivity contribution >= 4 is 5.82 Å². The summed E-state index contributed by atoms with van der Waals surface area (Å²) in [6.45, 7) is 5.97. The van der Waals surface area contributed by atoms with Gasteiger partial charge in [-0.15, -0.1) is 5.10 Å². The summed E-state index contributed by atoms with van der Waals surface area (Å²) in [5.74, 6) is 0.842. The lowest BCUT2D eigenvalue weighted by Crippen LogP contribution is -2.39. The lowest BCUT2D eigenvalue weighted by Gasteiger charge is -2.32. The Morgan fingerprint density at radius 1 is 1.41 bits per heavy atom. The number of hydrogen-bond donors (Lipinski definition) is 2. The van der Waals surface area contributed by atoms with Crippen LogP contribution in [0.2, 0.25) is 0 Å². The van der Waals surface area contributed by atoms with E-state index in [0.717, 1.165) is 42.0 Å². The summed E-state index contributed by atoms with van der Waals surface area (Å²) in [7, 11) is 0. The van der Waals surface area contributed by atoms with Crippen molar-refractivity contribution < 1.29 is 5.11 Å². The van der Waals surface area contributed by atoms with Crippen molar-refractivity contribution in [1.82, 2.24) is 10.2 Å². The van der Waals surface area contributed by atoms with Gasteiger partial charge in [0.15, 0.2) is 5.82 Å². The Labute approximate surface area is 102 Å². The van der Waals surface area contributed by atoms with E-state index in [2.05, 4.69) is 15.1 Å². The zero-order valence-electron chi connectivity index (χ0n) is 10.5. The van der Waals surface area contributed by atoms with Crippen LogP contribution in [0.3, 0.4) is 0 Å². The number of piperidine rings is 1. The molecule has 17 heavy (non-hydrogen) atoms. The highest BCUT2D eigenvalue weighted by Crippen LogP contribution is 2.24. The molecule has 1 aliphatic heterocycles. The van der Waals surface area contributed by atoms with E-state index in [1.807, 2.05) is 13.8 Å². The Bertz CT molecular complexity index is 408. The number of aliphatic hydroxyl groups is 1. The highest BCUT2D eigenvalue weighted by atomic mass is 16.3. The molecular weight excluding hydrogens is 216 g/mol. The van der Waals surface area contributed by atoms with E-state index in [-0.39, 0.29) is 6.10 Å². The second-order valence-corrected chi connectivity index (χ2v) is 4.66. The van der Waals surface area contributed by atoms with Crippen molar-refractivity contribution in [3.63, 3.8) is 0 Å². The van der Waals surface area contributed by atoms with Gasteiger partial charge in [-0.25, -0.2) is 0 Å². The van der Waals surface area contributed by atoms with Gasteiger partial charge in [0.25, 0.3) is 0 Å². The third-order valence-corrected chi connectivity index (χ3v) is 3.46. The van der Waals surface area contributed by atoms with Gasteiger partial charge in [0.1, 0.15) is 0 Å². The normalized spacial score (nSPS) is 20.7. The summed E-state index contributed by atoms with van der Waals surface area (Å²) in [4.78, 5) is 2.09. The highest BCUT2D eigenvalue weighted by molar-refractivity contribution is 5.51. The van der Waals surface area contributed by atoms with Gasteiger partial charge in [0, 0.05) is 25.2 Å². The third-order valence-electron chi connectivity index (χ3n) is 3.46. The molecule has 0 bridgehead atoms. The first-order valence-electron chi connectivity index (χ1n) is 6.09. The van der Waals surface area contributed by atoms with Crippen LogP contribution in [-0.4, -0.2) is 34.5 Å². The molecule has 94 valence electrons. The molecular formula is C12H20N4O. The quantitative estimate of drug-likeness (QED) is 0.782. The van der Waals surface area contributed by atoms with Gasteiger partial charge in [-0.3, -0.25) is 0 Å². The highest BCUT2D eigenvalue weighted by Gasteiger charge is 2.22. The summed E-state index contributed by atoms with van der Waals surface area (Å²) < 4.78 is 0. The molecule has 2 rings (SSSR count). The Kier molecular flexibility index (Phi) is 3.59. The molecule has 5 nitrogen and oxygen atoms in total. The molecule has 1 fully saturated rings. The number of rotatable bonds is 2. The zero-order valence-corrected chi connectivity index (χ0v) is 10.5. The number of aryl methyl sites for hydroxylation is 1. The molecule has 2 heterocycles. The molecule has 0 radical (unpaired) electrons. The molecule has 1 unspecified atom stereocenters. The molecule has 1 atom stereocenters. The Hall–Kier alpha value is -1.20. The van der Waals surface area contributed by atoms with Crippen molar-refractivity contribution in [2.45, 2.75) is 39.3 Å². The molecule has 0 saturated carbocycles. The smallest absolute Gasteiger partial charge is 0.156 e. The topological polar surface area (TPSA) is 75.3 Å². The fourth-order valence-electron chi connectivity index (χ4n) is 2.29. The zero-order chi connectivity index (χ0) is 12.4. The lowest BCUT2D eigenvalue weighted by atomic mass is 10.1. The van der Waals surface area contributed by atoms with E-state index in [9.17, 15) is 5.11 Å². The van der Waals surface area contributed by atoms with Crippen LogP contribution >= 0.6 is 0 Å². The predicted octanol–water partition coefficient (Wildman–Crippen LogP) is 0.513. The maximum atomic E-state index is 9.71. The first kappa shape index (κ1) is 12.3. The van der Waals surface area contributed by atoms with Gasteiger partial charge in [-0.2, -0.15) is 5.10 Å². The molecule has 1 aromatic rings. The Morgan fingerprint density at radius 2 is 2.18 bits per heavy atom.